The van der Waals surface area contributed by atoms with Crippen molar-refractivity contribution in [1.29, 1.82) is 0 Å². The number of amides is 1. The number of aromatic amines is 1. The highest BCUT2D eigenvalue weighted by Crippen LogP contribution is 2.08. The smallest absolute Gasteiger partial charge is 0.251 e. The lowest BCUT2D eigenvalue weighted by atomic mass is 10.2. The Labute approximate surface area is 106 Å². The van der Waals surface area contributed by atoms with Gasteiger partial charge < -0.3 is 15.6 Å². The van der Waals surface area contributed by atoms with Crippen LogP contribution in [0, 0.1) is 0 Å². The molecule has 0 radical (unpaired) electrons. The zero-order valence-corrected chi connectivity index (χ0v) is 10.2. The lowest BCUT2D eigenvalue weighted by molar-refractivity contribution is 0.0954. The summed E-state index contributed by atoms with van der Waals surface area (Å²) in [5.41, 5.74) is 1.65. The van der Waals surface area contributed by atoms with E-state index in [1.807, 2.05) is 19.2 Å². The van der Waals surface area contributed by atoms with Crippen molar-refractivity contribution >= 4 is 11.6 Å². The number of nitrogens with one attached hydrogen (secondary N) is 3. The minimum atomic E-state index is -0.0655. The van der Waals surface area contributed by atoms with Crippen molar-refractivity contribution in [2.75, 3.05) is 18.9 Å². The molecule has 3 N–H and O–H groups in total. The fraction of sp³-hybridized carbons (Fsp3) is 0.231. The van der Waals surface area contributed by atoms with E-state index in [4.69, 9.17) is 0 Å². The number of benzene rings is 1. The van der Waals surface area contributed by atoms with Crippen molar-refractivity contribution in [3.63, 3.8) is 0 Å². The number of carbonyl (C=O) groups excluding carboxylic acids is 1. The summed E-state index contributed by atoms with van der Waals surface area (Å²) < 4.78 is 0. The van der Waals surface area contributed by atoms with E-state index in [2.05, 4.69) is 20.6 Å². The third-order valence-corrected chi connectivity index (χ3v) is 2.64. The van der Waals surface area contributed by atoms with Crippen LogP contribution in [0.2, 0.25) is 0 Å². The van der Waals surface area contributed by atoms with Crippen molar-refractivity contribution < 1.29 is 4.79 Å². The Balaban J connectivity index is 1.83. The number of anilines is 1. The summed E-state index contributed by atoms with van der Waals surface area (Å²) in [4.78, 5) is 18.9. The van der Waals surface area contributed by atoms with Gasteiger partial charge in [-0.15, -0.1) is 0 Å². The van der Waals surface area contributed by atoms with Crippen LogP contribution in [0.1, 0.15) is 16.2 Å². The number of H-pyrrole nitrogens is 1. The van der Waals surface area contributed by atoms with Gasteiger partial charge in [0.25, 0.3) is 5.91 Å². The molecule has 0 spiro atoms. The van der Waals surface area contributed by atoms with Crippen LogP contribution in [0.5, 0.6) is 0 Å². The van der Waals surface area contributed by atoms with Gasteiger partial charge >= 0.3 is 0 Å². The Morgan fingerprint density at radius 3 is 2.72 bits per heavy atom. The molecule has 0 aliphatic heterocycles. The van der Waals surface area contributed by atoms with Crippen LogP contribution in [0.3, 0.4) is 0 Å². The monoisotopic (exact) mass is 244 g/mol. The molecule has 5 heteroatoms. The molecule has 0 saturated heterocycles. The molecule has 1 amide bonds. The van der Waals surface area contributed by atoms with Gasteiger partial charge in [-0.3, -0.25) is 4.79 Å². The molecule has 1 aromatic carbocycles. The summed E-state index contributed by atoms with van der Waals surface area (Å²) in [6.45, 7) is 0.570. The SMILES string of the molecule is CNc1ccc(C(=O)NCCc2ncc[nH]2)cc1. The molecule has 0 aliphatic rings. The second-order valence-electron chi connectivity index (χ2n) is 3.87. The third kappa shape index (κ3) is 3.10. The van der Waals surface area contributed by atoms with Crippen LogP contribution in [0.4, 0.5) is 5.69 Å². The summed E-state index contributed by atoms with van der Waals surface area (Å²) in [5, 5.41) is 5.87. The normalized spacial score (nSPS) is 10.1. The quantitative estimate of drug-likeness (QED) is 0.745. The van der Waals surface area contributed by atoms with Gasteiger partial charge in [-0.25, -0.2) is 4.98 Å². The van der Waals surface area contributed by atoms with E-state index >= 15 is 0 Å². The van der Waals surface area contributed by atoms with E-state index in [-0.39, 0.29) is 5.91 Å². The van der Waals surface area contributed by atoms with Gasteiger partial charge in [-0.1, -0.05) is 0 Å². The van der Waals surface area contributed by atoms with E-state index in [0.29, 0.717) is 18.5 Å². The molecule has 0 bridgehead atoms. The zero-order valence-electron chi connectivity index (χ0n) is 10.2. The predicted molar refractivity (Wildman–Crippen MR) is 70.6 cm³/mol. The molecule has 0 fully saturated rings. The Hall–Kier alpha value is -2.30. The van der Waals surface area contributed by atoms with Crippen molar-refractivity contribution in [3.05, 3.63) is 48.0 Å². The lowest BCUT2D eigenvalue weighted by Gasteiger charge is -2.05. The number of aromatic nitrogens is 2. The molecule has 0 aliphatic carbocycles. The molecule has 94 valence electrons. The standard InChI is InChI=1S/C13H16N4O/c1-14-11-4-2-10(3-5-11)13(18)17-7-6-12-15-8-9-16-12/h2-5,8-9,14H,6-7H2,1H3,(H,15,16)(H,17,18). The first-order valence-corrected chi connectivity index (χ1v) is 5.84. The summed E-state index contributed by atoms with van der Waals surface area (Å²) in [5.74, 6) is 0.810. The Morgan fingerprint density at radius 1 is 1.33 bits per heavy atom. The minimum Gasteiger partial charge on any atom is -0.388 e. The molecule has 5 nitrogen and oxygen atoms in total. The van der Waals surface area contributed by atoms with Gasteiger partial charge in [-0.05, 0) is 24.3 Å². The number of imidazole rings is 1. The average molecular weight is 244 g/mol. The maximum atomic E-state index is 11.8. The maximum absolute atomic E-state index is 11.8. The molecule has 1 aromatic heterocycles. The van der Waals surface area contributed by atoms with Crippen molar-refractivity contribution in [2.24, 2.45) is 0 Å². The summed E-state index contributed by atoms with van der Waals surface area (Å²) >= 11 is 0. The number of hydrogen-bond acceptors (Lipinski definition) is 3. The van der Waals surface area contributed by atoms with Crippen LogP contribution in [0.25, 0.3) is 0 Å². The fourth-order valence-corrected chi connectivity index (χ4v) is 1.62. The number of carbonyl (C=O) groups is 1. The van der Waals surface area contributed by atoms with Crippen LogP contribution < -0.4 is 10.6 Å². The molecule has 0 unspecified atom stereocenters. The first-order chi connectivity index (χ1) is 8.79. The Kier molecular flexibility index (Phi) is 3.96. The van der Waals surface area contributed by atoms with Crippen LogP contribution in [-0.2, 0) is 6.42 Å². The van der Waals surface area contributed by atoms with Crippen molar-refractivity contribution in [1.82, 2.24) is 15.3 Å². The van der Waals surface area contributed by atoms with Gasteiger partial charge in [0.2, 0.25) is 0 Å². The van der Waals surface area contributed by atoms with Gasteiger partial charge in [0.05, 0.1) is 0 Å². The van der Waals surface area contributed by atoms with E-state index < -0.39 is 0 Å². The molecule has 0 saturated carbocycles. The van der Waals surface area contributed by atoms with E-state index in [0.717, 1.165) is 11.5 Å². The molecule has 2 aromatic rings. The topological polar surface area (TPSA) is 69.8 Å². The highest BCUT2D eigenvalue weighted by atomic mass is 16.1. The average Bonchev–Trinajstić information content (AvgIpc) is 2.92. The minimum absolute atomic E-state index is 0.0655. The first kappa shape index (κ1) is 12.2. The lowest BCUT2D eigenvalue weighted by Crippen LogP contribution is -2.25. The highest BCUT2D eigenvalue weighted by Gasteiger charge is 2.04. The molecular formula is C13H16N4O. The molecule has 1 heterocycles. The highest BCUT2D eigenvalue weighted by molar-refractivity contribution is 5.94. The number of hydrogen-bond donors (Lipinski definition) is 3. The van der Waals surface area contributed by atoms with Crippen LogP contribution in [-0.4, -0.2) is 29.5 Å². The predicted octanol–water partition coefficient (Wildman–Crippen LogP) is 1.42. The molecule has 2 rings (SSSR count). The van der Waals surface area contributed by atoms with Gasteiger partial charge in [-0.2, -0.15) is 0 Å². The third-order valence-electron chi connectivity index (χ3n) is 2.64. The number of rotatable bonds is 5. The summed E-state index contributed by atoms with van der Waals surface area (Å²) in [6.07, 6.45) is 4.18. The molecule has 18 heavy (non-hydrogen) atoms. The fourth-order valence-electron chi connectivity index (χ4n) is 1.62. The Bertz CT molecular complexity index is 490. The molecule has 0 atom stereocenters. The second kappa shape index (κ2) is 5.86. The van der Waals surface area contributed by atoms with E-state index in [1.54, 1.807) is 24.5 Å². The van der Waals surface area contributed by atoms with Crippen LogP contribution in [0.15, 0.2) is 36.7 Å². The second-order valence-corrected chi connectivity index (χ2v) is 3.87. The van der Waals surface area contributed by atoms with Gasteiger partial charge in [0.1, 0.15) is 5.82 Å². The first-order valence-electron chi connectivity index (χ1n) is 5.84. The largest absolute Gasteiger partial charge is 0.388 e. The van der Waals surface area contributed by atoms with Gasteiger partial charge in [0, 0.05) is 43.7 Å². The number of nitrogens with zero attached hydrogens (tertiary/aromatic N) is 1. The zero-order chi connectivity index (χ0) is 12.8. The van der Waals surface area contributed by atoms with Gasteiger partial charge in [0.15, 0.2) is 0 Å². The van der Waals surface area contributed by atoms with E-state index in [9.17, 15) is 4.79 Å². The maximum Gasteiger partial charge on any atom is 0.251 e. The van der Waals surface area contributed by atoms with Crippen molar-refractivity contribution in [2.45, 2.75) is 6.42 Å². The summed E-state index contributed by atoms with van der Waals surface area (Å²) in [6, 6.07) is 7.35. The Morgan fingerprint density at radius 2 is 2.11 bits per heavy atom. The van der Waals surface area contributed by atoms with Crippen LogP contribution >= 0.6 is 0 Å². The van der Waals surface area contributed by atoms with E-state index in [1.165, 1.54) is 0 Å². The van der Waals surface area contributed by atoms with Crippen molar-refractivity contribution in [3.8, 4) is 0 Å². The molecular weight excluding hydrogens is 228 g/mol. The summed E-state index contributed by atoms with van der Waals surface area (Å²) in [7, 11) is 1.85.